The van der Waals surface area contributed by atoms with E-state index in [2.05, 4.69) is 31.0 Å². The number of phenolic OH excluding ortho intramolecular Hbond substituents is 1. The molecule has 3 unspecified atom stereocenters. The molecule has 2 rings (SSSR count). The summed E-state index contributed by atoms with van der Waals surface area (Å²) >= 11 is 0. The van der Waals surface area contributed by atoms with Crippen LogP contribution in [0.1, 0.15) is 26.3 Å². The molecule has 1 aromatic carbocycles. The van der Waals surface area contributed by atoms with Crippen LogP contribution in [0.5, 0.6) is 5.75 Å². The maximum atomic E-state index is 9.30. The quantitative estimate of drug-likeness (QED) is 0.859. The maximum absolute atomic E-state index is 9.30. The van der Waals surface area contributed by atoms with Crippen LogP contribution in [-0.2, 0) is 6.42 Å². The number of benzene rings is 1. The summed E-state index contributed by atoms with van der Waals surface area (Å²) in [6, 6.07) is 9.27. The van der Waals surface area contributed by atoms with E-state index in [-0.39, 0.29) is 0 Å². The van der Waals surface area contributed by atoms with Crippen molar-refractivity contribution < 1.29 is 5.11 Å². The van der Waals surface area contributed by atoms with Crippen molar-refractivity contribution in [2.75, 3.05) is 13.1 Å². The Labute approximate surface area is 110 Å². The topological polar surface area (TPSA) is 35.5 Å². The molecule has 1 saturated heterocycles. The van der Waals surface area contributed by atoms with E-state index in [9.17, 15) is 5.11 Å². The Balaban J connectivity index is 1.98. The van der Waals surface area contributed by atoms with E-state index >= 15 is 0 Å². The summed E-state index contributed by atoms with van der Waals surface area (Å²) in [5, 5.41) is 12.8. The first-order chi connectivity index (χ1) is 8.56. The molecule has 3 heteroatoms. The minimum atomic E-state index is 0.343. The Morgan fingerprint density at radius 3 is 2.67 bits per heavy atom. The van der Waals surface area contributed by atoms with Crippen LogP contribution in [-0.4, -0.2) is 41.2 Å². The van der Waals surface area contributed by atoms with Gasteiger partial charge in [0.1, 0.15) is 5.75 Å². The van der Waals surface area contributed by atoms with E-state index in [0.29, 0.717) is 23.9 Å². The van der Waals surface area contributed by atoms with Crippen molar-refractivity contribution in [3.05, 3.63) is 29.8 Å². The van der Waals surface area contributed by atoms with E-state index in [1.165, 1.54) is 5.56 Å². The molecule has 1 heterocycles. The van der Waals surface area contributed by atoms with Crippen LogP contribution in [0, 0.1) is 0 Å². The number of hydrogen-bond donors (Lipinski definition) is 2. The molecule has 1 aliphatic heterocycles. The van der Waals surface area contributed by atoms with Gasteiger partial charge in [-0.3, -0.25) is 4.90 Å². The predicted molar refractivity (Wildman–Crippen MR) is 74.9 cm³/mol. The van der Waals surface area contributed by atoms with Crippen molar-refractivity contribution in [2.24, 2.45) is 0 Å². The molecule has 0 aromatic heterocycles. The summed E-state index contributed by atoms with van der Waals surface area (Å²) in [6.07, 6.45) is 1.04. The van der Waals surface area contributed by atoms with Crippen molar-refractivity contribution in [1.82, 2.24) is 10.2 Å². The fourth-order valence-corrected chi connectivity index (χ4v) is 2.75. The molecule has 0 spiro atoms. The molecule has 0 aliphatic carbocycles. The highest BCUT2D eigenvalue weighted by Crippen LogP contribution is 2.17. The van der Waals surface area contributed by atoms with Gasteiger partial charge in [0.15, 0.2) is 0 Å². The van der Waals surface area contributed by atoms with E-state index in [1.807, 2.05) is 12.1 Å². The molecule has 2 N–H and O–H groups in total. The lowest BCUT2D eigenvalue weighted by Gasteiger charge is -2.41. The van der Waals surface area contributed by atoms with Crippen LogP contribution in [0.4, 0.5) is 0 Å². The van der Waals surface area contributed by atoms with Gasteiger partial charge in [-0.25, -0.2) is 0 Å². The number of piperazine rings is 1. The molecule has 0 radical (unpaired) electrons. The van der Waals surface area contributed by atoms with Gasteiger partial charge in [0.25, 0.3) is 0 Å². The van der Waals surface area contributed by atoms with Crippen LogP contribution in [0.2, 0.25) is 0 Å². The molecule has 100 valence electrons. The van der Waals surface area contributed by atoms with E-state index < -0.39 is 0 Å². The molecule has 3 atom stereocenters. The van der Waals surface area contributed by atoms with Crippen LogP contribution >= 0.6 is 0 Å². The maximum Gasteiger partial charge on any atom is 0.115 e. The lowest BCUT2D eigenvalue weighted by Crippen LogP contribution is -2.57. The Morgan fingerprint density at radius 2 is 2.00 bits per heavy atom. The largest absolute Gasteiger partial charge is 0.508 e. The van der Waals surface area contributed by atoms with Gasteiger partial charge in [0.05, 0.1) is 0 Å². The average molecular weight is 248 g/mol. The Morgan fingerprint density at radius 1 is 1.33 bits per heavy atom. The first-order valence-electron chi connectivity index (χ1n) is 6.83. The van der Waals surface area contributed by atoms with E-state index in [1.54, 1.807) is 12.1 Å². The summed E-state index contributed by atoms with van der Waals surface area (Å²) in [7, 11) is 0. The second-order valence-electron chi connectivity index (χ2n) is 5.57. The van der Waals surface area contributed by atoms with Crippen molar-refractivity contribution in [3.8, 4) is 5.75 Å². The fraction of sp³-hybridized carbons (Fsp3) is 0.600. The number of nitrogens with one attached hydrogen (secondary N) is 1. The summed E-state index contributed by atoms with van der Waals surface area (Å²) in [4.78, 5) is 2.58. The SMILES string of the molecule is CC1CN(C(C)Cc2ccc(O)cc2)C(C)CN1. The highest BCUT2D eigenvalue weighted by Gasteiger charge is 2.26. The van der Waals surface area contributed by atoms with Gasteiger partial charge in [-0.1, -0.05) is 12.1 Å². The predicted octanol–water partition coefficient (Wildman–Crippen LogP) is 2.01. The van der Waals surface area contributed by atoms with Crippen molar-refractivity contribution >= 4 is 0 Å². The van der Waals surface area contributed by atoms with Crippen molar-refractivity contribution in [2.45, 2.75) is 45.3 Å². The van der Waals surface area contributed by atoms with Crippen LogP contribution < -0.4 is 5.32 Å². The zero-order chi connectivity index (χ0) is 13.1. The van der Waals surface area contributed by atoms with Crippen molar-refractivity contribution in [3.63, 3.8) is 0 Å². The first-order valence-corrected chi connectivity index (χ1v) is 6.83. The molecule has 1 fully saturated rings. The standard InChI is InChI=1S/C15H24N2O/c1-11-10-17(13(3)9-16-11)12(2)8-14-4-6-15(18)7-5-14/h4-7,11-13,16,18H,8-10H2,1-3H3. The molecule has 0 bridgehead atoms. The monoisotopic (exact) mass is 248 g/mol. The second-order valence-corrected chi connectivity index (χ2v) is 5.57. The number of hydrogen-bond acceptors (Lipinski definition) is 3. The summed E-state index contributed by atoms with van der Waals surface area (Å²) < 4.78 is 0. The second kappa shape index (κ2) is 5.72. The normalized spacial score (nSPS) is 27.1. The Hall–Kier alpha value is -1.06. The number of aromatic hydroxyl groups is 1. The molecule has 1 aromatic rings. The average Bonchev–Trinajstić information content (AvgIpc) is 2.35. The van der Waals surface area contributed by atoms with Gasteiger partial charge >= 0.3 is 0 Å². The highest BCUT2D eigenvalue weighted by atomic mass is 16.3. The molecular weight excluding hydrogens is 224 g/mol. The van der Waals surface area contributed by atoms with Gasteiger partial charge in [-0.2, -0.15) is 0 Å². The fourth-order valence-electron chi connectivity index (χ4n) is 2.75. The molecule has 0 amide bonds. The van der Waals surface area contributed by atoms with E-state index in [4.69, 9.17) is 0 Å². The number of phenols is 1. The molecule has 0 saturated carbocycles. The Bertz CT molecular complexity index is 377. The summed E-state index contributed by atoms with van der Waals surface area (Å²) in [5.74, 6) is 0.343. The van der Waals surface area contributed by atoms with Crippen LogP contribution in [0.25, 0.3) is 0 Å². The Kier molecular flexibility index (Phi) is 4.25. The lowest BCUT2D eigenvalue weighted by molar-refractivity contribution is 0.103. The van der Waals surface area contributed by atoms with Gasteiger partial charge in [0, 0.05) is 31.2 Å². The zero-order valence-electron chi connectivity index (χ0n) is 11.6. The smallest absolute Gasteiger partial charge is 0.115 e. The molecular formula is C15H24N2O. The third-order valence-electron chi connectivity index (χ3n) is 3.85. The molecule has 3 nitrogen and oxygen atoms in total. The highest BCUT2D eigenvalue weighted by molar-refractivity contribution is 5.26. The number of rotatable bonds is 3. The first kappa shape index (κ1) is 13.4. The molecule has 1 aliphatic rings. The minimum absolute atomic E-state index is 0.343. The summed E-state index contributed by atoms with van der Waals surface area (Å²) in [6.45, 7) is 9.00. The van der Waals surface area contributed by atoms with Gasteiger partial charge in [-0.15, -0.1) is 0 Å². The minimum Gasteiger partial charge on any atom is -0.508 e. The zero-order valence-corrected chi connectivity index (χ0v) is 11.6. The van der Waals surface area contributed by atoms with Gasteiger partial charge in [0.2, 0.25) is 0 Å². The third kappa shape index (κ3) is 3.24. The van der Waals surface area contributed by atoms with E-state index in [0.717, 1.165) is 19.5 Å². The van der Waals surface area contributed by atoms with Gasteiger partial charge in [-0.05, 0) is 44.9 Å². The van der Waals surface area contributed by atoms with Gasteiger partial charge < -0.3 is 10.4 Å². The van der Waals surface area contributed by atoms with Crippen LogP contribution in [0.3, 0.4) is 0 Å². The lowest BCUT2D eigenvalue weighted by atomic mass is 10.0. The van der Waals surface area contributed by atoms with Crippen molar-refractivity contribution in [1.29, 1.82) is 0 Å². The van der Waals surface area contributed by atoms with Crippen LogP contribution in [0.15, 0.2) is 24.3 Å². The summed E-state index contributed by atoms with van der Waals surface area (Å²) in [5.41, 5.74) is 1.29. The number of nitrogens with zero attached hydrogens (tertiary/aromatic N) is 1. The molecule has 18 heavy (non-hydrogen) atoms. The third-order valence-corrected chi connectivity index (χ3v) is 3.85.